The number of carboxylic acid groups (broad SMARTS) is 1. The molecule has 2 unspecified atom stereocenters. The van der Waals surface area contributed by atoms with Gasteiger partial charge in [0, 0.05) is 12.7 Å². The van der Waals surface area contributed by atoms with Gasteiger partial charge in [-0.2, -0.15) is 0 Å². The van der Waals surface area contributed by atoms with Crippen molar-refractivity contribution < 1.29 is 23.9 Å². The molecule has 10 heteroatoms. The maximum atomic E-state index is 13.1. The molecule has 1 aliphatic heterocycles. The first-order valence-electron chi connectivity index (χ1n) is 10.6. The zero-order chi connectivity index (χ0) is 23.4. The summed E-state index contributed by atoms with van der Waals surface area (Å²) >= 11 is 0. The molecule has 1 fully saturated rings. The van der Waals surface area contributed by atoms with Gasteiger partial charge in [0.05, 0.1) is 24.5 Å². The fourth-order valence-corrected chi connectivity index (χ4v) is 3.85. The number of hydrogen-bond acceptors (Lipinski definition) is 7. The van der Waals surface area contributed by atoms with Crippen LogP contribution in [0.5, 0.6) is 0 Å². The average Bonchev–Trinajstić information content (AvgIpc) is 3.19. The summed E-state index contributed by atoms with van der Waals surface area (Å²) in [4.78, 5) is 42.4. The zero-order valence-corrected chi connectivity index (χ0v) is 17.9. The van der Waals surface area contributed by atoms with Crippen molar-refractivity contribution in [1.29, 1.82) is 0 Å². The minimum Gasteiger partial charge on any atom is -0.480 e. The van der Waals surface area contributed by atoms with Crippen molar-refractivity contribution in [3.63, 3.8) is 0 Å². The van der Waals surface area contributed by atoms with Gasteiger partial charge in [-0.15, -0.1) is 0 Å². The van der Waals surface area contributed by atoms with E-state index in [0.29, 0.717) is 41.9 Å². The van der Waals surface area contributed by atoms with Gasteiger partial charge < -0.3 is 25.5 Å². The lowest BCUT2D eigenvalue weighted by Gasteiger charge is -2.41. The van der Waals surface area contributed by atoms with Gasteiger partial charge in [-0.05, 0) is 30.5 Å². The second-order valence-corrected chi connectivity index (χ2v) is 7.89. The molecule has 2 amide bonds. The second kappa shape index (κ2) is 9.70. The lowest BCUT2D eigenvalue weighted by molar-refractivity contribution is -0.149. The number of nitrogens with two attached hydrogens (primary N) is 1. The molecule has 10 nitrogen and oxygen atoms in total. The summed E-state index contributed by atoms with van der Waals surface area (Å²) in [5, 5.41) is 15.3. The number of pyridine rings is 1. The number of furan rings is 1. The summed E-state index contributed by atoms with van der Waals surface area (Å²) in [7, 11) is 0. The molecule has 3 aromatic rings. The van der Waals surface area contributed by atoms with Gasteiger partial charge in [0.15, 0.2) is 0 Å². The van der Waals surface area contributed by atoms with Gasteiger partial charge in [-0.3, -0.25) is 19.7 Å². The minimum atomic E-state index is -1.06. The van der Waals surface area contributed by atoms with Gasteiger partial charge in [0.1, 0.15) is 23.2 Å². The van der Waals surface area contributed by atoms with E-state index in [0.717, 1.165) is 5.56 Å². The zero-order valence-electron chi connectivity index (χ0n) is 17.9. The van der Waals surface area contributed by atoms with Crippen molar-refractivity contribution in [3.05, 3.63) is 60.0 Å². The maximum Gasteiger partial charge on any atom is 0.317 e. The lowest BCUT2D eigenvalue weighted by atomic mass is 9.97. The highest BCUT2D eigenvalue weighted by atomic mass is 16.4. The Bertz CT molecular complexity index is 1160. The number of nitrogens with zero attached hydrogens (tertiary/aromatic N) is 2. The van der Waals surface area contributed by atoms with E-state index in [1.54, 1.807) is 18.3 Å². The van der Waals surface area contributed by atoms with Crippen LogP contribution in [0.2, 0.25) is 0 Å². The molecule has 3 heterocycles. The number of hydrogen-bond donors (Lipinski definition) is 4. The molecule has 5 N–H and O–H groups in total. The first-order chi connectivity index (χ1) is 15.9. The van der Waals surface area contributed by atoms with E-state index >= 15 is 0 Å². The van der Waals surface area contributed by atoms with E-state index < -0.39 is 18.1 Å². The van der Waals surface area contributed by atoms with Crippen LogP contribution in [-0.2, 0) is 27.3 Å². The molecule has 4 rings (SSSR count). The van der Waals surface area contributed by atoms with Crippen molar-refractivity contribution in [2.45, 2.75) is 31.5 Å². The van der Waals surface area contributed by atoms with Crippen LogP contribution < -0.4 is 16.4 Å². The molecular formula is C23H25N5O5. The van der Waals surface area contributed by atoms with Gasteiger partial charge in [-0.1, -0.05) is 30.3 Å². The number of fused-ring (bicyclic) bond motifs is 1. The number of anilines is 1. The van der Waals surface area contributed by atoms with Gasteiger partial charge in [-0.25, -0.2) is 4.98 Å². The number of aromatic nitrogens is 1. The first-order valence-corrected chi connectivity index (χ1v) is 10.6. The maximum absolute atomic E-state index is 13.1. The van der Waals surface area contributed by atoms with Crippen LogP contribution in [0.4, 0.5) is 5.82 Å². The SMILES string of the molecule is Nc1nccc2oc(CNC(=O)C3CCN3C(=O)C(Cc3ccccc3)NCC(=O)O)cc12. The molecule has 0 spiro atoms. The van der Waals surface area contributed by atoms with E-state index in [2.05, 4.69) is 15.6 Å². The number of benzene rings is 1. The van der Waals surface area contributed by atoms with E-state index in [1.807, 2.05) is 30.3 Å². The number of carbonyl (C=O) groups excluding carboxylic acids is 2. The van der Waals surface area contributed by atoms with Gasteiger partial charge in [0.25, 0.3) is 0 Å². The third-order valence-electron chi connectivity index (χ3n) is 5.65. The predicted molar refractivity (Wildman–Crippen MR) is 120 cm³/mol. The normalized spacial score (nSPS) is 16.2. The Morgan fingerprint density at radius 1 is 1.24 bits per heavy atom. The van der Waals surface area contributed by atoms with Crippen LogP contribution in [0.15, 0.2) is 53.1 Å². The van der Waals surface area contributed by atoms with Gasteiger partial charge >= 0.3 is 5.97 Å². The second-order valence-electron chi connectivity index (χ2n) is 7.89. The van der Waals surface area contributed by atoms with Crippen LogP contribution in [-0.4, -0.2) is 57.9 Å². The molecular weight excluding hydrogens is 426 g/mol. The Balaban J connectivity index is 1.38. The predicted octanol–water partition coefficient (Wildman–Crippen LogP) is 0.913. The van der Waals surface area contributed by atoms with E-state index in [9.17, 15) is 14.4 Å². The van der Waals surface area contributed by atoms with Crippen LogP contribution in [0.3, 0.4) is 0 Å². The molecule has 172 valence electrons. The van der Waals surface area contributed by atoms with E-state index in [1.165, 1.54) is 4.90 Å². The number of rotatable bonds is 9. The fraction of sp³-hybridized carbons (Fsp3) is 0.304. The Hall–Kier alpha value is -3.92. The summed E-state index contributed by atoms with van der Waals surface area (Å²) in [6.07, 6.45) is 2.41. The average molecular weight is 451 g/mol. The quantitative estimate of drug-likeness (QED) is 0.375. The highest BCUT2D eigenvalue weighted by Crippen LogP contribution is 2.24. The van der Waals surface area contributed by atoms with Crippen molar-refractivity contribution >= 4 is 34.6 Å². The summed E-state index contributed by atoms with van der Waals surface area (Å²) < 4.78 is 5.68. The molecule has 2 aromatic heterocycles. The monoisotopic (exact) mass is 451 g/mol. The number of nitrogens with one attached hydrogen (secondary N) is 2. The summed E-state index contributed by atoms with van der Waals surface area (Å²) in [6.45, 7) is 0.234. The van der Waals surface area contributed by atoms with E-state index in [-0.39, 0.29) is 24.9 Å². The third-order valence-corrected chi connectivity index (χ3v) is 5.65. The van der Waals surface area contributed by atoms with Crippen LogP contribution >= 0.6 is 0 Å². The lowest BCUT2D eigenvalue weighted by Crippen LogP contribution is -2.62. The molecule has 0 radical (unpaired) electrons. The van der Waals surface area contributed by atoms with Crippen LogP contribution in [0.1, 0.15) is 17.7 Å². The summed E-state index contributed by atoms with van der Waals surface area (Å²) in [5.41, 5.74) is 7.32. The highest BCUT2D eigenvalue weighted by Gasteiger charge is 2.40. The summed E-state index contributed by atoms with van der Waals surface area (Å²) in [6, 6.07) is 11.4. The molecule has 1 aromatic carbocycles. The number of amides is 2. The molecule has 1 aliphatic rings. The summed E-state index contributed by atoms with van der Waals surface area (Å²) in [5.74, 6) is -0.768. The van der Waals surface area contributed by atoms with Crippen molar-refractivity contribution in [2.75, 3.05) is 18.8 Å². The number of likely N-dealkylation sites (tertiary alicyclic amines) is 1. The molecule has 2 atom stereocenters. The van der Waals surface area contributed by atoms with Crippen LogP contribution in [0.25, 0.3) is 11.0 Å². The smallest absolute Gasteiger partial charge is 0.317 e. The van der Waals surface area contributed by atoms with Crippen molar-refractivity contribution in [3.8, 4) is 0 Å². The first kappa shape index (κ1) is 22.3. The molecule has 0 saturated carbocycles. The number of aliphatic carboxylic acids is 1. The Labute approximate surface area is 189 Å². The van der Waals surface area contributed by atoms with E-state index in [4.69, 9.17) is 15.3 Å². The standard InChI is InChI=1S/C23H25N5O5/c24-21-16-11-15(33-19(16)6-8-25-21)12-27-22(31)18-7-9-28(18)23(32)17(26-13-20(29)30)10-14-4-2-1-3-5-14/h1-6,8,11,17-18,26H,7,9-10,12-13H2,(H2,24,25)(H,27,31)(H,29,30). The highest BCUT2D eigenvalue weighted by molar-refractivity contribution is 5.92. The molecule has 0 bridgehead atoms. The molecule has 33 heavy (non-hydrogen) atoms. The van der Waals surface area contributed by atoms with Crippen molar-refractivity contribution in [1.82, 2.24) is 20.5 Å². The Kier molecular flexibility index (Phi) is 6.55. The Morgan fingerprint density at radius 2 is 2.03 bits per heavy atom. The largest absolute Gasteiger partial charge is 0.480 e. The fourth-order valence-electron chi connectivity index (χ4n) is 3.85. The number of nitrogen functional groups attached to an aromatic ring is 1. The van der Waals surface area contributed by atoms with Gasteiger partial charge in [0.2, 0.25) is 11.8 Å². The minimum absolute atomic E-state index is 0.149. The number of carbonyl (C=O) groups is 3. The molecule has 0 aliphatic carbocycles. The van der Waals surface area contributed by atoms with Crippen LogP contribution in [0, 0.1) is 0 Å². The topological polar surface area (TPSA) is 151 Å². The number of carboxylic acids is 1. The molecule has 1 saturated heterocycles. The van der Waals surface area contributed by atoms with Crippen molar-refractivity contribution in [2.24, 2.45) is 0 Å². The third kappa shape index (κ3) is 5.12. The Morgan fingerprint density at radius 3 is 2.70 bits per heavy atom.